The zero-order valence-corrected chi connectivity index (χ0v) is 16.5. The fourth-order valence-electron chi connectivity index (χ4n) is 2.67. The lowest BCUT2D eigenvalue weighted by molar-refractivity contribution is -0.137. The number of hydrogen-bond donors (Lipinski definition) is 3. The van der Waals surface area contributed by atoms with Crippen LogP contribution in [0.3, 0.4) is 0 Å². The van der Waals surface area contributed by atoms with Gasteiger partial charge >= 0.3 is 5.97 Å². The number of carbonyl (C=O) groups is 2. The van der Waals surface area contributed by atoms with Crippen LogP contribution >= 0.6 is 22.9 Å². The molecule has 3 N–H and O–H groups in total. The van der Waals surface area contributed by atoms with Crippen molar-refractivity contribution in [3.63, 3.8) is 0 Å². The van der Waals surface area contributed by atoms with Crippen molar-refractivity contribution in [2.45, 2.75) is 13.1 Å². The molecule has 0 radical (unpaired) electrons. The zero-order valence-electron chi connectivity index (χ0n) is 14.9. The van der Waals surface area contributed by atoms with Crippen molar-refractivity contribution in [2.75, 3.05) is 6.61 Å². The predicted octanol–water partition coefficient (Wildman–Crippen LogP) is 2.07. The molecule has 0 atom stereocenters. The summed E-state index contributed by atoms with van der Waals surface area (Å²) in [6, 6.07) is 8.38. The first kappa shape index (κ1) is 20.6. The molecule has 0 aliphatic heterocycles. The number of halogens is 1. The van der Waals surface area contributed by atoms with E-state index in [2.05, 4.69) is 17.2 Å². The van der Waals surface area contributed by atoms with Crippen LogP contribution in [0.2, 0.25) is 5.02 Å². The number of hydrogen-bond acceptors (Lipinski definition) is 5. The number of thiophene rings is 1. The van der Waals surface area contributed by atoms with Gasteiger partial charge in [-0.15, -0.1) is 11.3 Å². The number of carbonyl (C=O) groups excluding carboxylic acids is 1. The number of benzene rings is 1. The van der Waals surface area contributed by atoms with Gasteiger partial charge in [-0.05, 0) is 23.8 Å². The Labute approximate surface area is 174 Å². The standard InChI is InChI=1S/C20H15ClN2O5S/c21-13-5-3-12(4-6-13)9-22-19(28)16-10-23(11-17(25)26)20-15(18(16)27)8-14(29-20)2-1-7-24/h3-6,8,10,24H,7,9,11H2,(H,22,28)(H,25,26). The minimum Gasteiger partial charge on any atom is -0.480 e. The molecule has 0 saturated carbocycles. The molecule has 2 aromatic heterocycles. The molecule has 1 aromatic carbocycles. The van der Waals surface area contributed by atoms with E-state index in [1.165, 1.54) is 16.8 Å². The molecule has 0 spiro atoms. The summed E-state index contributed by atoms with van der Waals surface area (Å²) in [6.45, 7) is -0.573. The Hall–Kier alpha value is -3.12. The molecule has 0 fully saturated rings. The number of aliphatic carboxylic acids is 1. The third-order valence-electron chi connectivity index (χ3n) is 3.95. The average molecular weight is 431 g/mol. The smallest absolute Gasteiger partial charge is 0.323 e. The lowest BCUT2D eigenvalue weighted by atomic mass is 10.2. The summed E-state index contributed by atoms with van der Waals surface area (Å²) in [7, 11) is 0. The summed E-state index contributed by atoms with van der Waals surface area (Å²) in [5.74, 6) is 3.46. The Morgan fingerprint density at radius 3 is 2.62 bits per heavy atom. The van der Waals surface area contributed by atoms with E-state index in [1.54, 1.807) is 24.3 Å². The second kappa shape index (κ2) is 8.92. The molecule has 29 heavy (non-hydrogen) atoms. The van der Waals surface area contributed by atoms with Crippen LogP contribution < -0.4 is 10.7 Å². The number of aromatic nitrogens is 1. The van der Waals surface area contributed by atoms with Crippen molar-refractivity contribution in [1.29, 1.82) is 0 Å². The van der Waals surface area contributed by atoms with Crippen LogP contribution in [0.5, 0.6) is 0 Å². The quantitative estimate of drug-likeness (QED) is 0.537. The highest BCUT2D eigenvalue weighted by molar-refractivity contribution is 7.19. The van der Waals surface area contributed by atoms with Crippen molar-refractivity contribution >= 4 is 45.0 Å². The maximum atomic E-state index is 12.8. The lowest BCUT2D eigenvalue weighted by Gasteiger charge is -2.09. The third kappa shape index (κ3) is 4.84. The Kier molecular flexibility index (Phi) is 6.34. The first-order chi connectivity index (χ1) is 13.9. The highest BCUT2D eigenvalue weighted by Crippen LogP contribution is 2.23. The van der Waals surface area contributed by atoms with Gasteiger partial charge in [0.1, 0.15) is 23.5 Å². The Balaban J connectivity index is 1.98. The Morgan fingerprint density at radius 1 is 1.24 bits per heavy atom. The number of nitrogens with one attached hydrogen (secondary N) is 1. The molecule has 7 nitrogen and oxygen atoms in total. The minimum absolute atomic E-state index is 0.160. The minimum atomic E-state index is -1.11. The fraction of sp³-hybridized carbons (Fsp3) is 0.150. The number of aliphatic hydroxyl groups is 1. The molecule has 3 aromatic rings. The van der Waals surface area contributed by atoms with Gasteiger partial charge in [0, 0.05) is 17.8 Å². The molecule has 0 aliphatic carbocycles. The molecule has 0 unspecified atom stereocenters. The van der Waals surface area contributed by atoms with Gasteiger partial charge in [0.2, 0.25) is 5.43 Å². The Morgan fingerprint density at radius 2 is 1.97 bits per heavy atom. The van der Waals surface area contributed by atoms with Crippen LogP contribution in [0.25, 0.3) is 10.2 Å². The normalized spacial score (nSPS) is 10.4. The van der Waals surface area contributed by atoms with Crippen molar-refractivity contribution in [1.82, 2.24) is 9.88 Å². The van der Waals surface area contributed by atoms with E-state index in [9.17, 15) is 19.5 Å². The van der Waals surface area contributed by atoms with Gasteiger partial charge in [-0.2, -0.15) is 0 Å². The number of fused-ring (bicyclic) bond motifs is 1. The molecular formula is C20H15ClN2O5S. The number of amides is 1. The summed E-state index contributed by atoms with van der Waals surface area (Å²) in [5, 5.41) is 21.5. The van der Waals surface area contributed by atoms with Gasteiger partial charge < -0.3 is 20.1 Å². The van der Waals surface area contributed by atoms with Crippen LogP contribution in [0.4, 0.5) is 0 Å². The van der Waals surface area contributed by atoms with E-state index < -0.39 is 23.9 Å². The van der Waals surface area contributed by atoms with Gasteiger partial charge in [-0.3, -0.25) is 14.4 Å². The second-order valence-electron chi connectivity index (χ2n) is 5.99. The lowest BCUT2D eigenvalue weighted by Crippen LogP contribution is -2.29. The van der Waals surface area contributed by atoms with Crippen molar-refractivity contribution < 1.29 is 19.8 Å². The van der Waals surface area contributed by atoms with Gasteiger partial charge in [0.25, 0.3) is 5.91 Å². The van der Waals surface area contributed by atoms with Gasteiger partial charge in [0.15, 0.2) is 0 Å². The van der Waals surface area contributed by atoms with E-state index >= 15 is 0 Å². The van der Waals surface area contributed by atoms with Gasteiger partial charge in [0.05, 0.1) is 10.3 Å². The molecule has 0 aliphatic rings. The van der Waals surface area contributed by atoms with Crippen LogP contribution in [0, 0.1) is 11.8 Å². The van der Waals surface area contributed by atoms with E-state index in [4.69, 9.17) is 16.7 Å². The van der Waals surface area contributed by atoms with Crippen LogP contribution in [-0.4, -0.2) is 33.3 Å². The number of nitrogens with zero attached hydrogens (tertiary/aromatic N) is 1. The number of carboxylic acid groups (broad SMARTS) is 1. The molecule has 1 amide bonds. The Bertz CT molecular complexity index is 1200. The number of pyridine rings is 1. The summed E-state index contributed by atoms with van der Waals surface area (Å²) < 4.78 is 1.34. The predicted molar refractivity (Wildman–Crippen MR) is 110 cm³/mol. The van der Waals surface area contributed by atoms with E-state index in [0.717, 1.165) is 16.9 Å². The second-order valence-corrected chi connectivity index (χ2v) is 7.46. The molecule has 0 bridgehead atoms. The maximum absolute atomic E-state index is 12.8. The third-order valence-corrected chi connectivity index (χ3v) is 5.29. The number of rotatable bonds is 5. The molecule has 148 valence electrons. The fourth-order valence-corrected chi connectivity index (χ4v) is 3.80. The maximum Gasteiger partial charge on any atom is 0.323 e. The highest BCUT2D eigenvalue weighted by atomic mass is 35.5. The summed E-state index contributed by atoms with van der Waals surface area (Å²) in [5.41, 5.74) is 0.127. The SMILES string of the molecule is O=C(O)Cn1cc(C(=O)NCc2ccc(Cl)cc2)c(=O)c2cc(C#CCO)sc21. The first-order valence-corrected chi connectivity index (χ1v) is 9.59. The summed E-state index contributed by atoms with van der Waals surface area (Å²) in [4.78, 5) is 37.5. The van der Waals surface area contributed by atoms with Crippen LogP contribution in [0.15, 0.2) is 41.3 Å². The van der Waals surface area contributed by atoms with Gasteiger partial charge in [-0.1, -0.05) is 35.6 Å². The molecular weight excluding hydrogens is 416 g/mol. The largest absolute Gasteiger partial charge is 0.480 e. The highest BCUT2D eigenvalue weighted by Gasteiger charge is 2.18. The monoisotopic (exact) mass is 430 g/mol. The van der Waals surface area contributed by atoms with Gasteiger partial charge in [-0.25, -0.2) is 0 Å². The van der Waals surface area contributed by atoms with Crippen LogP contribution in [0.1, 0.15) is 20.8 Å². The molecule has 2 heterocycles. The molecule has 0 saturated heterocycles. The summed E-state index contributed by atoms with van der Waals surface area (Å²) in [6.07, 6.45) is 1.25. The summed E-state index contributed by atoms with van der Waals surface area (Å²) >= 11 is 6.96. The van der Waals surface area contributed by atoms with E-state index in [0.29, 0.717) is 14.7 Å². The zero-order chi connectivity index (χ0) is 21.0. The van der Waals surface area contributed by atoms with E-state index in [1.807, 2.05) is 0 Å². The van der Waals surface area contributed by atoms with Crippen molar-refractivity contribution in [3.05, 3.63) is 67.8 Å². The van der Waals surface area contributed by atoms with Crippen LogP contribution in [-0.2, 0) is 17.9 Å². The number of aliphatic hydroxyl groups excluding tert-OH is 1. The molecule has 3 rings (SSSR count). The van der Waals surface area contributed by atoms with Crippen molar-refractivity contribution in [2.24, 2.45) is 0 Å². The molecule has 9 heteroatoms. The average Bonchev–Trinajstić information content (AvgIpc) is 3.12. The number of carboxylic acids is 1. The topological polar surface area (TPSA) is 109 Å². The van der Waals surface area contributed by atoms with Crippen molar-refractivity contribution in [3.8, 4) is 11.8 Å². The first-order valence-electron chi connectivity index (χ1n) is 8.40. The van der Waals surface area contributed by atoms with E-state index in [-0.39, 0.29) is 24.1 Å².